The van der Waals surface area contributed by atoms with Crippen molar-refractivity contribution in [3.8, 4) is 5.75 Å². The zero-order valence-electron chi connectivity index (χ0n) is 10.8. The number of carboxylic acids is 1. The lowest BCUT2D eigenvalue weighted by atomic mass is 10.0. The Balaban J connectivity index is 3.09. The van der Waals surface area contributed by atoms with Crippen molar-refractivity contribution < 1.29 is 33.3 Å². The summed E-state index contributed by atoms with van der Waals surface area (Å²) in [4.78, 5) is 22.5. The van der Waals surface area contributed by atoms with Crippen LogP contribution in [-0.4, -0.2) is 33.7 Å². The average Bonchev–Trinajstić information content (AvgIpc) is 2.34. The molecule has 9 heteroatoms. The molecule has 0 aliphatic heterocycles. The van der Waals surface area contributed by atoms with E-state index in [0.717, 1.165) is 13.8 Å². The lowest BCUT2D eigenvalue weighted by Crippen LogP contribution is -2.51. The first-order chi connectivity index (χ1) is 9.40. The second-order valence-corrected chi connectivity index (χ2v) is 6.89. The van der Waals surface area contributed by atoms with E-state index in [0.29, 0.717) is 7.14 Å². The molecule has 2 N–H and O–H groups in total. The molecule has 0 spiro atoms. The van der Waals surface area contributed by atoms with Crippen LogP contribution in [0.25, 0.3) is 0 Å². The highest BCUT2D eigenvalue weighted by Crippen LogP contribution is 2.34. The van der Waals surface area contributed by atoms with Gasteiger partial charge in [-0.1, -0.05) is 0 Å². The van der Waals surface area contributed by atoms with Crippen LogP contribution in [0.5, 0.6) is 5.75 Å². The number of phenolic OH excluding ortho intramolecular Hbond substituents is 1. The fraction of sp³-hybridized carbons (Fsp3) is 0.333. The van der Waals surface area contributed by atoms with E-state index in [1.807, 2.05) is 0 Å². The smallest absolute Gasteiger partial charge is 0.380 e. The van der Waals surface area contributed by atoms with Gasteiger partial charge < -0.3 is 14.9 Å². The minimum atomic E-state index is -4.24. The van der Waals surface area contributed by atoms with Crippen LogP contribution < -0.4 is 0 Å². The summed E-state index contributed by atoms with van der Waals surface area (Å²) in [6.45, 7) is 1.63. The number of rotatable bonds is 4. The number of aromatic hydroxyl groups is 1. The van der Waals surface area contributed by atoms with E-state index in [-0.39, 0.29) is 11.3 Å². The molecule has 0 aliphatic carbocycles. The Bertz CT molecular complexity index is 578. The number of hydrogen-bond acceptors (Lipinski definition) is 4. The van der Waals surface area contributed by atoms with Crippen LogP contribution in [0.4, 0.5) is 8.78 Å². The van der Waals surface area contributed by atoms with Gasteiger partial charge in [-0.3, -0.25) is 0 Å². The fourth-order valence-corrected chi connectivity index (χ4v) is 3.06. The highest BCUT2D eigenvalue weighted by molar-refractivity contribution is 14.1. The average molecular weight is 526 g/mol. The predicted molar refractivity (Wildman–Crippen MR) is 85.6 cm³/mol. The van der Waals surface area contributed by atoms with Crippen LogP contribution >= 0.6 is 45.2 Å². The standard InChI is InChI=1S/C12H10F2I2O5/c1-11(2,12(13,14)10(19)20)21-9(18)5-3-6(15)8(17)7(16)4-5/h3-4,17H,1-2H3,(H,19,20). The number of esters is 1. The number of benzene rings is 1. The number of carbonyl (C=O) groups is 2. The van der Waals surface area contributed by atoms with E-state index < -0.39 is 23.5 Å². The molecule has 1 aromatic carbocycles. The van der Waals surface area contributed by atoms with Gasteiger partial charge in [0.2, 0.25) is 0 Å². The Morgan fingerprint density at radius 3 is 2.00 bits per heavy atom. The van der Waals surface area contributed by atoms with E-state index in [4.69, 9.17) is 5.11 Å². The SMILES string of the molecule is CC(C)(OC(=O)c1cc(I)c(O)c(I)c1)C(F)(F)C(=O)O. The van der Waals surface area contributed by atoms with Gasteiger partial charge in [0.25, 0.3) is 0 Å². The Kier molecular flexibility index (Phi) is 5.40. The number of aliphatic carboxylic acids is 1. The first-order valence-electron chi connectivity index (χ1n) is 5.42. The predicted octanol–water partition coefficient (Wildman–Crippen LogP) is 3.26. The van der Waals surface area contributed by atoms with Crippen molar-refractivity contribution in [1.82, 2.24) is 0 Å². The first kappa shape index (κ1) is 18.3. The third kappa shape index (κ3) is 3.73. The molecule has 0 bridgehead atoms. The number of carboxylic acid groups (broad SMARTS) is 1. The molecule has 0 fully saturated rings. The lowest BCUT2D eigenvalue weighted by molar-refractivity contribution is -0.200. The third-order valence-corrected chi connectivity index (χ3v) is 4.27. The Labute approximate surface area is 146 Å². The highest BCUT2D eigenvalue weighted by atomic mass is 127. The Morgan fingerprint density at radius 1 is 1.19 bits per heavy atom. The normalized spacial score (nSPS) is 12.1. The van der Waals surface area contributed by atoms with Crippen LogP contribution in [0.15, 0.2) is 12.1 Å². The molecule has 1 aromatic rings. The van der Waals surface area contributed by atoms with Crippen LogP contribution in [-0.2, 0) is 9.53 Å². The summed E-state index contributed by atoms with van der Waals surface area (Å²) < 4.78 is 32.3. The fourth-order valence-electron chi connectivity index (χ4n) is 1.30. The molecule has 1 rings (SSSR count). The van der Waals surface area contributed by atoms with Gasteiger partial charge in [-0.2, -0.15) is 8.78 Å². The number of hydrogen-bond donors (Lipinski definition) is 2. The van der Waals surface area contributed by atoms with E-state index in [9.17, 15) is 23.5 Å². The Hall–Kier alpha value is -0.720. The number of alkyl halides is 2. The van der Waals surface area contributed by atoms with Gasteiger partial charge in [-0.15, -0.1) is 0 Å². The number of halogens is 4. The summed E-state index contributed by atoms with van der Waals surface area (Å²) >= 11 is 3.54. The van der Waals surface area contributed by atoms with Crippen LogP contribution in [0.2, 0.25) is 0 Å². The maximum atomic E-state index is 13.5. The van der Waals surface area contributed by atoms with Gasteiger partial charge in [0.15, 0.2) is 5.60 Å². The van der Waals surface area contributed by atoms with Gasteiger partial charge in [-0.05, 0) is 71.2 Å². The first-order valence-corrected chi connectivity index (χ1v) is 7.58. The molecule has 0 aromatic heterocycles. The van der Waals surface area contributed by atoms with Gasteiger partial charge in [-0.25, -0.2) is 9.59 Å². The largest absolute Gasteiger partial charge is 0.506 e. The topological polar surface area (TPSA) is 83.8 Å². The van der Waals surface area contributed by atoms with Crippen LogP contribution in [0.1, 0.15) is 24.2 Å². The van der Waals surface area contributed by atoms with E-state index in [2.05, 4.69) is 4.74 Å². The second-order valence-electron chi connectivity index (χ2n) is 4.57. The quantitative estimate of drug-likeness (QED) is 0.466. The maximum absolute atomic E-state index is 13.5. The van der Waals surface area contributed by atoms with Crippen molar-refractivity contribution in [3.05, 3.63) is 24.8 Å². The maximum Gasteiger partial charge on any atom is 0.380 e. The second kappa shape index (κ2) is 6.18. The molecule has 0 aliphatic rings. The molecule has 0 saturated heterocycles. The molecular formula is C12H10F2I2O5. The van der Waals surface area contributed by atoms with Crippen molar-refractivity contribution in [2.24, 2.45) is 0 Å². The summed E-state index contributed by atoms with van der Waals surface area (Å²) in [5.74, 6) is -7.75. The number of carbonyl (C=O) groups excluding carboxylic acids is 1. The van der Waals surface area contributed by atoms with Crippen molar-refractivity contribution in [3.63, 3.8) is 0 Å². The zero-order chi connectivity index (χ0) is 16.6. The summed E-state index contributed by atoms with van der Waals surface area (Å²) in [5.41, 5.74) is -2.58. The minimum Gasteiger partial charge on any atom is -0.506 e. The highest BCUT2D eigenvalue weighted by Gasteiger charge is 2.56. The third-order valence-electron chi connectivity index (χ3n) is 2.63. The summed E-state index contributed by atoms with van der Waals surface area (Å²) in [6, 6.07) is 2.52. The van der Waals surface area contributed by atoms with E-state index in [1.165, 1.54) is 12.1 Å². The van der Waals surface area contributed by atoms with Gasteiger partial charge in [0, 0.05) is 0 Å². The number of ether oxygens (including phenoxy) is 1. The van der Waals surface area contributed by atoms with E-state index >= 15 is 0 Å². The zero-order valence-corrected chi connectivity index (χ0v) is 15.1. The van der Waals surface area contributed by atoms with Crippen molar-refractivity contribution in [2.75, 3.05) is 0 Å². The summed E-state index contributed by atoms with van der Waals surface area (Å²) in [6.07, 6.45) is 0. The Morgan fingerprint density at radius 2 is 1.62 bits per heavy atom. The van der Waals surface area contributed by atoms with Crippen LogP contribution in [0.3, 0.4) is 0 Å². The molecule has 5 nitrogen and oxygen atoms in total. The molecule has 0 atom stereocenters. The van der Waals surface area contributed by atoms with E-state index in [1.54, 1.807) is 45.2 Å². The van der Waals surface area contributed by atoms with Gasteiger partial charge >= 0.3 is 17.9 Å². The minimum absolute atomic E-state index is 0.0390. The van der Waals surface area contributed by atoms with Crippen LogP contribution in [0, 0.1) is 7.14 Å². The lowest BCUT2D eigenvalue weighted by Gasteiger charge is -2.30. The molecule has 116 valence electrons. The molecule has 0 saturated carbocycles. The van der Waals surface area contributed by atoms with Crippen molar-refractivity contribution >= 4 is 57.1 Å². The molecule has 0 unspecified atom stereocenters. The molecule has 0 radical (unpaired) electrons. The molecule has 21 heavy (non-hydrogen) atoms. The van der Waals surface area contributed by atoms with Crippen molar-refractivity contribution in [2.45, 2.75) is 25.4 Å². The number of phenols is 1. The van der Waals surface area contributed by atoms with Gasteiger partial charge in [0.1, 0.15) is 5.75 Å². The molecule has 0 amide bonds. The summed E-state index contributed by atoms with van der Waals surface area (Å²) in [5, 5.41) is 18.1. The van der Waals surface area contributed by atoms with Crippen molar-refractivity contribution in [1.29, 1.82) is 0 Å². The van der Waals surface area contributed by atoms with Gasteiger partial charge in [0.05, 0.1) is 12.7 Å². The molecular weight excluding hydrogens is 516 g/mol. The molecule has 0 heterocycles. The summed E-state index contributed by atoms with van der Waals surface area (Å²) in [7, 11) is 0. The monoisotopic (exact) mass is 526 g/mol.